The fourth-order valence-electron chi connectivity index (χ4n) is 3.09. The van der Waals surface area contributed by atoms with E-state index in [4.69, 9.17) is 11.6 Å². The molecule has 0 bridgehead atoms. The molecule has 0 aliphatic heterocycles. The van der Waals surface area contributed by atoms with Crippen LogP contribution in [0.2, 0.25) is 5.02 Å². The SMILES string of the molecule is O=C(Nc1cccc(Cl)c1)[C@@H]1[C@H]2C=CCCCC[C@H]21. The van der Waals surface area contributed by atoms with Crippen molar-refractivity contribution < 1.29 is 4.79 Å². The average Bonchev–Trinajstić information content (AvgIpc) is 3.00. The molecule has 1 fully saturated rings. The van der Waals surface area contributed by atoms with E-state index < -0.39 is 0 Å². The molecule has 19 heavy (non-hydrogen) atoms. The zero-order valence-corrected chi connectivity index (χ0v) is 11.6. The van der Waals surface area contributed by atoms with Crippen LogP contribution in [0.5, 0.6) is 0 Å². The van der Waals surface area contributed by atoms with Crippen LogP contribution < -0.4 is 5.32 Å². The first-order valence-corrected chi connectivity index (χ1v) is 7.36. The molecule has 0 unspecified atom stereocenters. The van der Waals surface area contributed by atoms with E-state index in [0.29, 0.717) is 16.9 Å². The van der Waals surface area contributed by atoms with Crippen molar-refractivity contribution in [2.45, 2.75) is 25.7 Å². The number of carbonyl (C=O) groups is 1. The van der Waals surface area contributed by atoms with Crippen molar-refractivity contribution in [3.8, 4) is 0 Å². The number of fused-ring (bicyclic) bond motifs is 1. The molecule has 1 aromatic carbocycles. The number of amides is 1. The third-order valence-corrected chi connectivity index (χ3v) is 4.38. The summed E-state index contributed by atoms with van der Waals surface area (Å²) < 4.78 is 0. The number of nitrogens with one attached hydrogen (secondary N) is 1. The minimum atomic E-state index is 0.142. The fraction of sp³-hybridized carbons (Fsp3) is 0.438. The van der Waals surface area contributed by atoms with Gasteiger partial charge < -0.3 is 5.32 Å². The first-order chi connectivity index (χ1) is 9.25. The van der Waals surface area contributed by atoms with Crippen LogP contribution in [-0.4, -0.2) is 5.91 Å². The van der Waals surface area contributed by atoms with Gasteiger partial charge in [-0.15, -0.1) is 0 Å². The van der Waals surface area contributed by atoms with Crippen LogP contribution in [0, 0.1) is 17.8 Å². The second-order valence-electron chi connectivity index (χ2n) is 5.48. The number of benzene rings is 1. The van der Waals surface area contributed by atoms with Gasteiger partial charge in [0.25, 0.3) is 0 Å². The Bertz CT molecular complexity index is 511. The number of carbonyl (C=O) groups excluding carboxylic acids is 1. The normalized spacial score (nSPS) is 29.0. The summed E-state index contributed by atoms with van der Waals surface area (Å²) in [5.41, 5.74) is 0.792. The van der Waals surface area contributed by atoms with Gasteiger partial charge in [-0.25, -0.2) is 0 Å². The molecule has 2 aliphatic rings. The highest BCUT2D eigenvalue weighted by molar-refractivity contribution is 6.30. The molecule has 0 heterocycles. The largest absolute Gasteiger partial charge is 0.326 e. The molecule has 0 spiro atoms. The maximum Gasteiger partial charge on any atom is 0.228 e. The number of halogens is 1. The first kappa shape index (κ1) is 12.7. The van der Waals surface area contributed by atoms with Gasteiger partial charge in [-0.05, 0) is 49.3 Å². The van der Waals surface area contributed by atoms with Gasteiger partial charge in [0.15, 0.2) is 0 Å². The quantitative estimate of drug-likeness (QED) is 0.803. The van der Waals surface area contributed by atoms with Gasteiger partial charge in [-0.2, -0.15) is 0 Å². The Balaban J connectivity index is 1.65. The summed E-state index contributed by atoms with van der Waals surface area (Å²) in [5, 5.41) is 3.64. The lowest BCUT2D eigenvalue weighted by atomic mass is 10.1. The lowest BCUT2D eigenvalue weighted by Crippen LogP contribution is -2.15. The van der Waals surface area contributed by atoms with E-state index in [1.807, 2.05) is 18.2 Å². The third-order valence-electron chi connectivity index (χ3n) is 4.14. The summed E-state index contributed by atoms with van der Waals surface area (Å²) in [6.45, 7) is 0. The lowest BCUT2D eigenvalue weighted by Gasteiger charge is -2.05. The van der Waals surface area contributed by atoms with E-state index in [1.54, 1.807) is 6.07 Å². The molecule has 2 aliphatic carbocycles. The molecule has 3 atom stereocenters. The minimum Gasteiger partial charge on any atom is -0.326 e. The Kier molecular flexibility index (Phi) is 3.61. The van der Waals surface area contributed by atoms with E-state index in [-0.39, 0.29) is 11.8 Å². The van der Waals surface area contributed by atoms with Crippen LogP contribution in [0.4, 0.5) is 5.69 Å². The second kappa shape index (κ2) is 5.38. The molecule has 0 saturated heterocycles. The van der Waals surface area contributed by atoms with Crippen molar-refractivity contribution in [1.82, 2.24) is 0 Å². The standard InChI is InChI=1S/C16H18ClNO/c17-11-6-5-7-12(10-11)18-16(19)15-13-8-3-1-2-4-9-14(13)15/h3,5-8,10,13-15H,1-2,4,9H2,(H,18,19)/t13-,14+,15+/m0/s1. The molecule has 1 aromatic rings. The van der Waals surface area contributed by atoms with E-state index in [2.05, 4.69) is 17.5 Å². The van der Waals surface area contributed by atoms with Gasteiger partial charge in [0.1, 0.15) is 0 Å². The van der Waals surface area contributed by atoms with Crippen LogP contribution >= 0.6 is 11.6 Å². The van der Waals surface area contributed by atoms with Crippen LogP contribution in [-0.2, 0) is 4.79 Å². The Morgan fingerprint density at radius 2 is 2.21 bits per heavy atom. The molecule has 3 rings (SSSR count). The molecule has 1 saturated carbocycles. The molecule has 3 heteroatoms. The number of rotatable bonds is 2. The average molecular weight is 276 g/mol. The Labute approximate surface area is 118 Å². The topological polar surface area (TPSA) is 29.1 Å². The summed E-state index contributed by atoms with van der Waals surface area (Å²) >= 11 is 5.93. The van der Waals surface area contributed by atoms with Gasteiger partial charge in [0, 0.05) is 16.6 Å². The van der Waals surface area contributed by atoms with Gasteiger partial charge in [-0.3, -0.25) is 4.79 Å². The molecule has 1 N–H and O–H groups in total. The second-order valence-corrected chi connectivity index (χ2v) is 5.92. The molecule has 0 radical (unpaired) electrons. The third kappa shape index (κ3) is 2.84. The summed E-state index contributed by atoms with van der Waals surface area (Å²) in [4.78, 5) is 12.3. The van der Waals surface area contributed by atoms with Crippen LogP contribution in [0.15, 0.2) is 36.4 Å². The molecule has 2 nitrogen and oxygen atoms in total. The van der Waals surface area contributed by atoms with Gasteiger partial charge in [-0.1, -0.05) is 36.2 Å². The highest BCUT2D eigenvalue weighted by atomic mass is 35.5. The minimum absolute atomic E-state index is 0.142. The number of anilines is 1. The lowest BCUT2D eigenvalue weighted by molar-refractivity contribution is -0.117. The van der Waals surface area contributed by atoms with E-state index in [9.17, 15) is 4.79 Å². The zero-order valence-electron chi connectivity index (χ0n) is 10.8. The highest BCUT2D eigenvalue weighted by Crippen LogP contribution is 2.51. The van der Waals surface area contributed by atoms with E-state index in [1.165, 1.54) is 19.3 Å². The van der Waals surface area contributed by atoms with Crippen molar-refractivity contribution >= 4 is 23.2 Å². The fourth-order valence-corrected chi connectivity index (χ4v) is 3.28. The van der Waals surface area contributed by atoms with Crippen molar-refractivity contribution in [3.05, 3.63) is 41.4 Å². The number of hydrogen-bond donors (Lipinski definition) is 1. The molecule has 0 aromatic heterocycles. The number of hydrogen-bond acceptors (Lipinski definition) is 1. The van der Waals surface area contributed by atoms with Gasteiger partial charge >= 0.3 is 0 Å². The van der Waals surface area contributed by atoms with Gasteiger partial charge in [0.05, 0.1) is 0 Å². The summed E-state index contributed by atoms with van der Waals surface area (Å²) in [5.74, 6) is 1.31. The molecule has 100 valence electrons. The maximum absolute atomic E-state index is 12.3. The molecular weight excluding hydrogens is 258 g/mol. The Morgan fingerprint density at radius 1 is 1.32 bits per heavy atom. The number of allylic oxidation sites excluding steroid dienone is 2. The monoisotopic (exact) mass is 275 g/mol. The Morgan fingerprint density at radius 3 is 3.05 bits per heavy atom. The van der Waals surface area contributed by atoms with Crippen LogP contribution in [0.25, 0.3) is 0 Å². The predicted octanol–water partition coefficient (Wildman–Crippen LogP) is 4.27. The van der Waals surface area contributed by atoms with E-state index in [0.717, 1.165) is 12.1 Å². The van der Waals surface area contributed by atoms with Crippen molar-refractivity contribution in [2.75, 3.05) is 5.32 Å². The van der Waals surface area contributed by atoms with Gasteiger partial charge in [0.2, 0.25) is 5.91 Å². The van der Waals surface area contributed by atoms with Crippen molar-refractivity contribution in [3.63, 3.8) is 0 Å². The van der Waals surface area contributed by atoms with E-state index >= 15 is 0 Å². The maximum atomic E-state index is 12.3. The van der Waals surface area contributed by atoms with Crippen LogP contribution in [0.3, 0.4) is 0 Å². The zero-order chi connectivity index (χ0) is 13.2. The first-order valence-electron chi connectivity index (χ1n) is 6.99. The molecular formula is C16H18ClNO. The predicted molar refractivity (Wildman–Crippen MR) is 78.2 cm³/mol. The summed E-state index contributed by atoms with van der Waals surface area (Å²) in [7, 11) is 0. The highest BCUT2D eigenvalue weighted by Gasteiger charge is 2.52. The van der Waals surface area contributed by atoms with Crippen molar-refractivity contribution in [1.29, 1.82) is 0 Å². The van der Waals surface area contributed by atoms with Crippen molar-refractivity contribution in [2.24, 2.45) is 17.8 Å². The van der Waals surface area contributed by atoms with Crippen LogP contribution in [0.1, 0.15) is 25.7 Å². The molecule has 1 amide bonds. The summed E-state index contributed by atoms with van der Waals surface area (Å²) in [6, 6.07) is 7.34. The Hall–Kier alpha value is -1.28. The smallest absolute Gasteiger partial charge is 0.228 e. The summed E-state index contributed by atoms with van der Waals surface area (Å²) in [6.07, 6.45) is 9.32.